The topological polar surface area (TPSA) is 35.8 Å². The van der Waals surface area contributed by atoms with E-state index in [0.717, 1.165) is 9.80 Å². The van der Waals surface area contributed by atoms with E-state index in [0.29, 0.717) is 4.90 Å². The predicted molar refractivity (Wildman–Crippen MR) is 347 cm³/mol. The molecule has 1 aromatic heterocycles. The highest BCUT2D eigenvalue weighted by molar-refractivity contribution is 7.00. The van der Waals surface area contributed by atoms with Crippen LogP contribution in [0.5, 0.6) is 0 Å². The fourth-order valence-corrected chi connectivity index (χ4v) is 9.37. The quantitative estimate of drug-likeness (QED) is 0.149. The Balaban J connectivity index is 1.42. The molecule has 0 unspecified atom stereocenters. The SMILES string of the molecule is [2H]c1c([2H])c([2H])c(N(c2c([2H])c([2H])c([2H])c([2H])c2[2H])c2c([2H])c3c4c(c2[2H])N(c2c([2H])c(C(C)(C)C)c([2H])c(C(C)(C)C)c2[2H])c2c(c([2H])c5nc(-c6c([2H])c([2H])c(-c7c([2H])c([2H])c(C(C)(C)C)c([2H])c7[2H])c([2H])c6[2H])oc5c2[2H])B4c2c([2H])c(C(C)(C)C)c([2H])c([2H])c2N3c2c([2H])c([2H])c(C(C)(C)C)c([2H])c2[2H])c([2H])c1[2H]. The van der Waals surface area contributed by atoms with Gasteiger partial charge in [-0.15, -0.1) is 0 Å². The molecule has 2 aliphatic rings. The fraction of sp³-hybridized carbons (Fsp3) is 0.267. The molecule has 0 fully saturated rings. The Bertz CT molecular complexity index is 5720. The summed E-state index contributed by atoms with van der Waals surface area (Å²) in [6.07, 6.45) is 0. The van der Waals surface area contributed by atoms with Crippen molar-refractivity contribution in [1.82, 2.24) is 4.98 Å². The van der Waals surface area contributed by atoms with Crippen molar-refractivity contribution in [1.29, 1.82) is 0 Å². The zero-order chi connectivity index (χ0) is 85.0. The zero-order valence-corrected chi connectivity index (χ0v) is 47.8. The lowest BCUT2D eigenvalue weighted by molar-refractivity contribution is 0.568. The third-order valence-electron chi connectivity index (χ3n) is 13.8. The van der Waals surface area contributed by atoms with Crippen molar-refractivity contribution in [2.75, 3.05) is 14.7 Å². The van der Waals surface area contributed by atoms with Crippen LogP contribution in [0.2, 0.25) is 0 Å². The van der Waals surface area contributed by atoms with Crippen LogP contribution in [-0.2, 0) is 27.1 Å². The number of nitrogens with zero attached hydrogens (tertiary/aromatic N) is 4. The van der Waals surface area contributed by atoms with Gasteiger partial charge in [-0.05, 0) is 167 Å². The molecule has 0 aliphatic carbocycles. The molecule has 0 spiro atoms. The van der Waals surface area contributed by atoms with Crippen LogP contribution in [0.25, 0.3) is 33.7 Å². The number of oxazole rings is 1. The molecule has 9 aromatic carbocycles. The lowest BCUT2D eigenvalue weighted by atomic mass is 9.33. The average molecular weight is 1090 g/mol. The molecule has 5 nitrogen and oxygen atoms in total. The predicted octanol–water partition coefficient (Wildman–Crippen LogP) is 19.2. The Hall–Kier alpha value is -8.09. The molecule has 406 valence electrons. The molecular weight excluding hydrogens is 984 g/mol. The summed E-state index contributed by atoms with van der Waals surface area (Å²) in [5.74, 6) is -0.836. The summed E-state index contributed by atoms with van der Waals surface area (Å²) in [7, 11) is 0. The van der Waals surface area contributed by atoms with Crippen molar-refractivity contribution in [3.05, 3.63) is 221 Å². The lowest BCUT2D eigenvalue weighted by Gasteiger charge is -2.45. The zero-order valence-electron chi connectivity index (χ0n) is 79.8. The van der Waals surface area contributed by atoms with Gasteiger partial charge in [0.15, 0.2) is 5.58 Å². The third-order valence-corrected chi connectivity index (χ3v) is 13.8. The Morgan fingerprint density at radius 2 is 0.827 bits per heavy atom. The van der Waals surface area contributed by atoms with Crippen molar-refractivity contribution in [2.24, 2.45) is 0 Å². The first-order valence-electron chi connectivity index (χ1n) is 42.5. The standard InChI is InChI=1S/C75H77BN4O/c1-71(2,3)51-32-30-49(31-33-51)48-26-28-50(29-27-48)70-77-63-46-62-65(47-68(63)81-70)80(59-41-54(74(10,11)12)40-55(42-59)75(13,14)15)67-45-60(78(56-22-18-16-19-23-56)57-24-20-17-21-25-57)44-66-69(67)76(62)61-43-53(73(7,8)9)36-39-64(61)79(66)58-37-34-52(35-38-58)72(4,5)6/h16-47H,1-15H3/i16D,17D,18D,19D,20D,21D,22D,23D,24D,25D,26D,27D,28D,29D,30D,31D,32D,33D,34D,35D,36D,37D,38D,39D,40D,41D,42D,43D,44D,45D,46D,47D. The highest BCUT2D eigenvalue weighted by atomic mass is 16.3. The minimum absolute atomic E-state index is 0.00403. The van der Waals surface area contributed by atoms with E-state index < -0.39 is 322 Å². The molecule has 0 N–H and O–H groups in total. The maximum atomic E-state index is 11.4. The van der Waals surface area contributed by atoms with Gasteiger partial charge in [0, 0.05) is 57.1 Å². The molecule has 0 bridgehead atoms. The van der Waals surface area contributed by atoms with Crippen LogP contribution < -0.4 is 31.1 Å². The summed E-state index contributed by atoms with van der Waals surface area (Å²) in [6, 6.07) is -28.7. The first-order valence-corrected chi connectivity index (χ1v) is 26.5. The Labute approximate surface area is 527 Å². The van der Waals surface area contributed by atoms with Crippen molar-refractivity contribution in [2.45, 2.75) is 131 Å². The number of benzene rings is 9. The van der Waals surface area contributed by atoms with Gasteiger partial charge in [0.25, 0.3) is 6.71 Å². The maximum absolute atomic E-state index is 11.4. The van der Waals surface area contributed by atoms with Gasteiger partial charge in [0.05, 0.1) is 49.6 Å². The van der Waals surface area contributed by atoms with Crippen LogP contribution in [0.3, 0.4) is 0 Å². The first kappa shape index (κ1) is 28.1. The second-order valence-corrected chi connectivity index (χ2v) is 25.3. The number of aromatic nitrogens is 1. The number of hydrogen-bond acceptors (Lipinski definition) is 5. The molecule has 0 saturated carbocycles. The Morgan fingerprint density at radius 3 is 1.33 bits per heavy atom. The van der Waals surface area contributed by atoms with E-state index in [1.807, 2.05) is 0 Å². The average Bonchev–Trinajstić information content (AvgIpc) is 1.15. The van der Waals surface area contributed by atoms with Gasteiger partial charge in [-0.3, -0.25) is 0 Å². The van der Waals surface area contributed by atoms with E-state index in [1.54, 1.807) is 104 Å². The van der Waals surface area contributed by atoms with Crippen molar-refractivity contribution >= 4 is 85.4 Å². The van der Waals surface area contributed by atoms with Crippen LogP contribution >= 0.6 is 0 Å². The summed E-state index contributed by atoms with van der Waals surface area (Å²) in [5, 5.41) is 0. The highest BCUT2D eigenvalue weighted by Crippen LogP contribution is 2.50. The van der Waals surface area contributed by atoms with Crippen LogP contribution in [0.15, 0.2) is 198 Å². The van der Waals surface area contributed by atoms with Crippen LogP contribution in [0, 0.1) is 0 Å². The van der Waals surface area contributed by atoms with Crippen molar-refractivity contribution in [3.8, 4) is 22.6 Å². The first-order chi connectivity index (χ1) is 51.7. The molecular formula is C75H77BN4O. The van der Waals surface area contributed by atoms with Gasteiger partial charge in [-0.2, -0.15) is 0 Å². The third kappa shape index (κ3) is 9.85. The minimum Gasteiger partial charge on any atom is -0.436 e. The summed E-state index contributed by atoms with van der Waals surface area (Å²) >= 11 is 0. The smallest absolute Gasteiger partial charge is 0.252 e. The van der Waals surface area contributed by atoms with E-state index in [9.17, 15) is 30.2 Å². The molecule has 0 amide bonds. The number of para-hydroxylation sites is 2. The van der Waals surface area contributed by atoms with Gasteiger partial charge < -0.3 is 19.1 Å². The van der Waals surface area contributed by atoms with Gasteiger partial charge in [-0.25, -0.2) is 4.98 Å². The van der Waals surface area contributed by atoms with Crippen molar-refractivity contribution in [3.63, 3.8) is 0 Å². The van der Waals surface area contributed by atoms with Gasteiger partial charge in [0.1, 0.15) is 5.52 Å². The molecule has 10 aromatic rings. The minimum atomic E-state index is -2.11. The summed E-state index contributed by atoms with van der Waals surface area (Å²) in [4.78, 5) is 6.93. The number of rotatable bonds is 7. The van der Waals surface area contributed by atoms with Crippen molar-refractivity contribution < 1.29 is 48.3 Å². The lowest BCUT2D eigenvalue weighted by Crippen LogP contribution is -2.61. The van der Waals surface area contributed by atoms with Gasteiger partial charge in [0.2, 0.25) is 5.89 Å². The molecule has 0 atom stereocenters. The molecule has 2 aliphatic heterocycles. The number of hydrogen-bond donors (Lipinski definition) is 0. The Morgan fingerprint density at radius 1 is 0.383 bits per heavy atom. The summed E-state index contributed by atoms with van der Waals surface area (Å²) < 4.78 is 321. The van der Waals surface area contributed by atoms with E-state index in [-0.39, 0.29) is 33.9 Å². The van der Waals surface area contributed by atoms with E-state index >= 15 is 0 Å². The highest BCUT2D eigenvalue weighted by Gasteiger charge is 2.45. The second kappa shape index (κ2) is 19.3. The monoisotopic (exact) mass is 1090 g/mol. The van der Waals surface area contributed by atoms with Crippen LogP contribution in [-0.4, -0.2) is 11.7 Å². The molecule has 3 heterocycles. The normalized spacial score (nSPS) is 19.1. The summed E-state index contributed by atoms with van der Waals surface area (Å²) in [6.45, 7) is 22.4. The molecule has 0 saturated heterocycles. The summed E-state index contributed by atoms with van der Waals surface area (Å²) in [5.41, 5.74) is -19.4. The van der Waals surface area contributed by atoms with Crippen LogP contribution in [0.4, 0.5) is 51.2 Å². The number of anilines is 9. The Kier molecular flexibility index (Phi) is 6.68. The van der Waals surface area contributed by atoms with Crippen LogP contribution in [0.1, 0.15) is 176 Å². The van der Waals surface area contributed by atoms with E-state index in [4.69, 9.17) is 18.1 Å². The van der Waals surface area contributed by atoms with Gasteiger partial charge >= 0.3 is 0 Å². The maximum Gasteiger partial charge on any atom is 0.252 e. The second-order valence-electron chi connectivity index (χ2n) is 25.3. The fourth-order valence-electron chi connectivity index (χ4n) is 9.37. The number of fused-ring (bicyclic) bond motifs is 5. The molecule has 81 heavy (non-hydrogen) atoms. The van der Waals surface area contributed by atoms with Gasteiger partial charge in [-0.1, -0.05) is 207 Å². The molecule has 6 heteroatoms. The molecule has 0 radical (unpaired) electrons. The van der Waals surface area contributed by atoms with E-state index in [2.05, 4.69) is 4.98 Å². The van der Waals surface area contributed by atoms with E-state index in [1.165, 1.54) is 0 Å². The largest absolute Gasteiger partial charge is 0.436 e. The molecule has 12 rings (SSSR count).